The van der Waals surface area contributed by atoms with E-state index in [1.807, 2.05) is 18.5 Å². The molecule has 2 aromatic heterocycles. The van der Waals surface area contributed by atoms with Crippen molar-refractivity contribution in [2.24, 2.45) is 0 Å². The number of anilines is 1. The lowest BCUT2D eigenvalue weighted by molar-refractivity contribution is -0.118. The summed E-state index contributed by atoms with van der Waals surface area (Å²) >= 11 is 0. The third kappa shape index (κ3) is 3.51. The van der Waals surface area contributed by atoms with Crippen molar-refractivity contribution in [2.75, 3.05) is 5.32 Å². The van der Waals surface area contributed by atoms with Crippen molar-refractivity contribution in [2.45, 2.75) is 77.8 Å². The minimum absolute atomic E-state index is 0.0817. The Morgan fingerprint density at radius 3 is 2.40 bits per heavy atom. The van der Waals surface area contributed by atoms with Gasteiger partial charge in [-0.05, 0) is 52.7 Å². The molecular weight excluding hydrogens is 312 g/mol. The molecule has 1 amide bonds. The fraction of sp³-hybridized carbons (Fsp3) is 0.600. The molecule has 25 heavy (non-hydrogen) atoms. The van der Waals surface area contributed by atoms with Crippen LogP contribution in [0, 0.1) is 13.8 Å². The zero-order valence-corrected chi connectivity index (χ0v) is 15.9. The third-order valence-electron chi connectivity index (χ3n) is 5.50. The van der Waals surface area contributed by atoms with E-state index in [0.717, 1.165) is 29.9 Å². The first-order valence-corrected chi connectivity index (χ1v) is 9.42. The summed E-state index contributed by atoms with van der Waals surface area (Å²) in [7, 11) is 0. The molecular formula is C20H30N4O. The summed E-state index contributed by atoms with van der Waals surface area (Å²) in [6.45, 7) is 8.20. The molecule has 3 rings (SSSR count). The fourth-order valence-electron chi connectivity index (χ4n) is 4.22. The molecule has 0 atom stereocenters. The minimum atomic E-state index is -0.0817. The molecule has 0 unspecified atom stereocenters. The predicted molar refractivity (Wildman–Crippen MR) is 101 cm³/mol. The molecule has 0 bridgehead atoms. The van der Waals surface area contributed by atoms with Crippen molar-refractivity contribution in [3.05, 3.63) is 35.9 Å². The second-order valence-corrected chi connectivity index (χ2v) is 7.68. The molecule has 1 aliphatic carbocycles. The van der Waals surface area contributed by atoms with Gasteiger partial charge in [0.1, 0.15) is 0 Å². The van der Waals surface area contributed by atoms with Crippen LogP contribution in [0.4, 0.5) is 5.69 Å². The molecule has 0 aliphatic heterocycles. The monoisotopic (exact) mass is 342 g/mol. The van der Waals surface area contributed by atoms with Crippen LogP contribution in [-0.4, -0.2) is 20.3 Å². The van der Waals surface area contributed by atoms with E-state index in [4.69, 9.17) is 0 Å². The van der Waals surface area contributed by atoms with Gasteiger partial charge in [0.05, 0.1) is 29.0 Å². The Balaban J connectivity index is 1.79. The molecule has 0 radical (unpaired) electrons. The number of carbonyl (C=O) groups is 1. The highest BCUT2D eigenvalue weighted by molar-refractivity contribution is 5.92. The maximum Gasteiger partial charge on any atom is 0.226 e. The first-order valence-electron chi connectivity index (χ1n) is 9.42. The average molecular weight is 342 g/mol. The van der Waals surface area contributed by atoms with E-state index < -0.39 is 0 Å². The Labute approximate surface area is 150 Å². The van der Waals surface area contributed by atoms with E-state index in [1.54, 1.807) is 0 Å². The number of rotatable bonds is 5. The standard InChI is InChI=1S/C20H30N4O/c1-15(2)24-17(4)19(16(3)22-24)21-18(25)14-20(10-6-5-7-11-20)23-12-8-9-13-23/h8-9,12-13,15H,5-7,10-11,14H2,1-4H3,(H,21,25). The Morgan fingerprint density at radius 2 is 1.84 bits per heavy atom. The SMILES string of the molecule is Cc1nn(C(C)C)c(C)c1NC(=O)CC1(n2cccc2)CCCCC1. The molecule has 2 aromatic rings. The highest BCUT2D eigenvalue weighted by Gasteiger charge is 2.35. The van der Waals surface area contributed by atoms with Gasteiger partial charge in [-0.25, -0.2) is 0 Å². The molecule has 136 valence electrons. The number of nitrogens with one attached hydrogen (secondary N) is 1. The number of carbonyl (C=O) groups excluding carboxylic acids is 1. The van der Waals surface area contributed by atoms with Crippen molar-refractivity contribution < 1.29 is 4.79 Å². The molecule has 5 nitrogen and oxygen atoms in total. The predicted octanol–water partition coefficient (Wildman–Crippen LogP) is 4.57. The van der Waals surface area contributed by atoms with E-state index in [0.29, 0.717) is 6.42 Å². The molecule has 5 heteroatoms. The van der Waals surface area contributed by atoms with Crippen molar-refractivity contribution in [1.82, 2.24) is 14.3 Å². The molecule has 0 aromatic carbocycles. The summed E-state index contributed by atoms with van der Waals surface area (Å²) in [5.74, 6) is 0.0881. The second-order valence-electron chi connectivity index (χ2n) is 7.68. The van der Waals surface area contributed by atoms with Crippen molar-refractivity contribution >= 4 is 11.6 Å². The lowest BCUT2D eigenvalue weighted by atomic mass is 9.78. The first-order chi connectivity index (χ1) is 11.9. The van der Waals surface area contributed by atoms with Gasteiger partial charge in [0.2, 0.25) is 5.91 Å². The first kappa shape index (κ1) is 17.8. The van der Waals surface area contributed by atoms with Crippen LogP contribution >= 0.6 is 0 Å². The highest BCUT2D eigenvalue weighted by atomic mass is 16.1. The number of nitrogens with zero attached hydrogens (tertiary/aromatic N) is 3. The van der Waals surface area contributed by atoms with E-state index in [9.17, 15) is 4.79 Å². The maximum absolute atomic E-state index is 12.9. The van der Waals surface area contributed by atoms with Crippen molar-refractivity contribution in [3.8, 4) is 0 Å². The van der Waals surface area contributed by atoms with Gasteiger partial charge < -0.3 is 9.88 Å². The fourth-order valence-corrected chi connectivity index (χ4v) is 4.22. The molecule has 1 N–H and O–H groups in total. The van der Waals surface area contributed by atoms with E-state index in [1.165, 1.54) is 19.3 Å². The molecule has 2 heterocycles. The molecule has 1 fully saturated rings. The highest BCUT2D eigenvalue weighted by Crippen LogP contribution is 2.38. The van der Waals surface area contributed by atoms with Crippen molar-refractivity contribution in [1.29, 1.82) is 0 Å². The topological polar surface area (TPSA) is 51.9 Å². The van der Waals surface area contributed by atoms with Gasteiger partial charge in [-0.2, -0.15) is 5.10 Å². The Hall–Kier alpha value is -2.04. The van der Waals surface area contributed by atoms with Crippen LogP contribution in [0.1, 0.15) is 69.8 Å². The van der Waals surface area contributed by atoms with Crippen LogP contribution in [0.15, 0.2) is 24.5 Å². The van der Waals surface area contributed by atoms with Crippen LogP contribution in [0.3, 0.4) is 0 Å². The summed E-state index contributed by atoms with van der Waals surface area (Å²) in [5.41, 5.74) is 2.71. The zero-order chi connectivity index (χ0) is 18.0. The summed E-state index contributed by atoms with van der Waals surface area (Å²) in [6, 6.07) is 4.39. The van der Waals surface area contributed by atoms with Crippen LogP contribution in [0.5, 0.6) is 0 Å². The van der Waals surface area contributed by atoms with E-state index in [2.05, 4.69) is 53.4 Å². The molecule has 1 saturated carbocycles. The van der Waals surface area contributed by atoms with Gasteiger partial charge in [-0.1, -0.05) is 19.3 Å². The number of hydrogen-bond donors (Lipinski definition) is 1. The van der Waals surface area contributed by atoms with Crippen LogP contribution in [-0.2, 0) is 10.3 Å². The summed E-state index contributed by atoms with van der Waals surface area (Å²) in [5, 5.41) is 7.73. The molecule has 1 aliphatic rings. The number of aromatic nitrogens is 3. The lowest BCUT2D eigenvalue weighted by Gasteiger charge is -2.38. The summed E-state index contributed by atoms with van der Waals surface area (Å²) in [6.07, 6.45) is 10.5. The largest absolute Gasteiger partial charge is 0.348 e. The van der Waals surface area contributed by atoms with Gasteiger partial charge in [0, 0.05) is 18.4 Å². The van der Waals surface area contributed by atoms with Crippen LogP contribution in [0.2, 0.25) is 0 Å². The van der Waals surface area contributed by atoms with Gasteiger partial charge in [-0.3, -0.25) is 9.48 Å². The smallest absolute Gasteiger partial charge is 0.226 e. The summed E-state index contributed by atoms with van der Waals surface area (Å²) in [4.78, 5) is 12.9. The summed E-state index contributed by atoms with van der Waals surface area (Å²) < 4.78 is 4.23. The van der Waals surface area contributed by atoms with Crippen LogP contribution < -0.4 is 5.32 Å². The average Bonchev–Trinajstić information content (AvgIpc) is 3.20. The third-order valence-corrected chi connectivity index (χ3v) is 5.50. The number of amides is 1. The molecule has 0 saturated heterocycles. The van der Waals surface area contributed by atoms with Crippen molar-refractivity contribution in [3.63, 3.8) is 0 Å². The zero-order valence-electron chi connectivity index (χ0n) is 15.9. The second kappa shape index (κ2) is 7.06. The maximum atomic E-state index is 12.9. The van der Waals surface area contributed by atoms with Gasteiger partial charge in [0.25, 0.3) is 0 Å². The van der Waals surface area contributed by atoms with E-state index >= 15 is 0 Å². The minimum Gasteiger partial charge on any atom is -0.348 e. The number of aryl methyl sites for hydroxylation is 1. The Morgan fingerprint density at radius 1 is 1.20 bits per heavy atom. The Bertz CT molecular complexity index is 721. The van der Waals surface area contributed by atoms with Gasteiger partial charge in [-0.15, -0.1) is 0 Å². The molecule has 0 spiro atoms. The van der Waals surface area contributed by atoms with E-state index in [-0.39, 0.29) is 17.5 Å². The van der Waals surface area contributed by atoms with Crippen LogP contribution in [0.25, 0.3) is 0 Å². The lowest BCUT2D eigenvalue weighted by Crippen LogP contribution is -2.38. The van der Waals surface area contributed by atoms with Gasteiger partial charge in [0.15, 0.2) is 0 Å². The van der Waals surface area contributed by atoms with Gasteiger partial charge >= 0.3 is 0 Å². The normalized spacial score (nSPS) is 17.0. The Kier molecular flexibility index (Phi) is 5.02. The quantitative estimate of drug-likeness (QED) is 0.865. The number of hydrogen-bond acceptors (Lipinski definition) is 2.